The number of nitro groups is 1. The van der Waals surface area contributed by atoms with Crippen LogP contribution >= 0.6 is 0 Å². The van der Waals surface area contributed by atoms with Crippen LogP contribution in [0.3, 0.4) is 0 Å². The molecule has 0 saturated carbocycles. The van der Waals surface area contributed by atoms with Crippen molar-refractivity contribution in [2.45, 2.75) is 6.10 Å². The minimum Gasteiger partial charge on any atom is -0.489 e. The Hall–Kier alpha value is -2.93. The van der Waals surface area contributed by atoms with Crippen LogP contribution in [-0.2, 0) is 4.74 Å². The first kappa shape index (κ1) is 15.0. The molecule has 0 radical (unpaired) electrons. The van der Waals surface area contributed by atoms with Gasteiger partial charge in [0, 0.05) is 17.7 Å². The molecule has 0 aliphatic carbocycles. The summed E-state index contributed by atoms with van der Waals surface area (Å²) in [4.78, 5) is 22.6. The molecule has 0 bridgehead atoms. The monoisotopic (exact) mass is 314 g/mol. The summed E-state index contributed by atoms with van der Waals surface area (Å²) < 4.78 is 10.6. The Kier molecular flexibility index (Phi) is 4.20. The molecule has 7 heteroatoms. The molecule has 1 amide bonds. The number of amides is 1. The summed E-state index contributed by atoms with van der Waals surface area (Å²) in [5.74, 6) is 0.00833. The lowest BCUT2D eigenvalue weighted by Gasteiger charge is -2.12. The third kappa shape index (κ3) is 3.83. The van der Waals surface area contributed by atoms with E-state index in [2.05, 4.69) is 5.32 Å². The van der Waals surface area contributed by atoms with E-state index < -0.39 is 4.92 Å². The summed E-state index contributed by atoms with van der Waals surface area (Å²) in [6, 6.07) is 12.7. The first-order valence-electron chi connectivity index (χ1n) is 7.03. The number of nitrogens with zero attached hydrogens (tertiary/aromatic N) is 1. The lowest BCUT2D eigenvalue weighted by Crippen LogP contribution is -2.14. The van der Waals surface area contributed by atoms with Crippen LogP contribution in [0.2, 0.25) is 0 Å². The highest BCUT2D eigenvalue weighted by Gasteiger charge is 2.24. The molecular weight excluding hydrogens is 300 g/mol. The lowest BCUT2D eigenvalue weighted by molar-refractivity contribution is -0.384. The Morgan fingerprint density at radius 1 is 1.30 bits per heavy atom. The quantitative estimate of drug-likeness (QED) is 0.502. The number of benzene rings is 2. The van der Waals surface area contributed by atoms with Gasteiger partial charge in [0.05, 0.1) is 17.2 Å². The summed E-state index contributed by atoms with van der Waals surface area (Å²) in [5, 5.41) is 13.6. The Balaban J connectivity index is 1.82. The van der Waals surface area contributed by atoms with Crippen LogP contribution in [0.5, 0.6) is 5.75 Å². The molecule has 3 rings (SSSR count). The van der Waals surface area contributed by atoms with Crippen molar-refractivity contribution in [3.8, 4) is 5.75 Å². The van der Waals surface area contributed by atoms with Crippen LogP contribution in [0, 0.1) is 10.1 Å². The average Bonchev–Trinajstić information content (AvgIpc) is 3.38. The normalized spacial score (nSPS) is 15.7. The van der Waals surface area contributed by atoms with Gasteiger partial charge in [-0.3, -0.25) is 14.9 Å². The molecule has 1 fully saturated rings. The molecule has 0 aromatic heterocycles. The van der Waals surface area contributed by atoms with E-state index in [0.717, 1.165) is 0 Å². The molecule has 1 aliphatic rings. The van der Waals surface area contributed by atoms with Gasteiger partial charge in [-0.15, -0.1) is 0 Å². The maximum atomic E-state index is 12.2. The number of hydrogen-bond donors (Lipinski definition) is 1. The number of hydrogen-bond acceptors (Lipinski definition) is 5. The van der Waals surface area contributed by atoms with Crippen molar-refractivity contribution in [2.24, 2.45) is 0 Å². The summed E-state index contributed by atoms with van der Waals surface area (Å²) in [5.41, 5.74) is 0.590. The number of carbonyl (C=O) groups is 1. The van der Waals surface area contributed by atoms with E-state index in [1.54, 1.807) is 30.3 Å². The standard InChI is InChI=1S/C16H14N2O5/c19-16(11-4-2-1-3-5-11)17-14-8-12(18(20)21)6-7-15(14)23-10-13-9-22-13/h1-8,13H,9-10H2,(H,17,19). The van der Waals surface area contributed by atoms with Gasteiger partial charge in [0.25, 0.3) is 11.6 Å². The van der Waals surface area contributed by atoms with Crippen molar-refractivity contribution in [1.29, 1.82) is 0 Å². The van der Waals surface area contributed by atoms with Gasteiger partial charge in [-0.1, -0.05) is 18.2 Å². The number of nitrogens with one attached hydrogen (secondary N) is 1. The topological polar surface area (TPSA) is 94.0 Å². The van der Waals surface area contributed by atoms with E-state index in [4.69, 9.17) is 9.47 Å². The van der Waals surface area contributed by atoms with Gasteiger partial charge in [0.2, 0.25) is 0 Å². The minimum absolute atomic E-state index is 0.0443. The van der Waals surface area contributed by atoms with Gasteiger partial charge in [0.15, 0.2) is 0 Å². The second kappa shape index (κ2) is 6.45. The third-order valence-electron chi connectivity index (χ3n) is 3.29. The van der Waals surface area contributed by atoms with Crippen LogP contribution in [0.15, 0.2) is 48.5 Å². The maximum Gasteiger partial charge on any atom is 0.271 e. The van der Waals surface area contributed by atoms with E-state index in [1.807, 2.05) is 0 Å². The third-order valence-corrected chi connectivity index (χ3v) is 3.29. The highest BCUT2D eigenvalue weighted by molar-refractivity contribution is 6.05. The lowest BCUT2D eigenvalue weighted by atomic mass is 10.2. The molecule has 1 atom stereocenters. The van der Waals surface area contributed by atoms with E-state index >= 15 is 0 Å². The Morgan fingerprint density at radius 3 is 2.70 bits per heavy atom. The second-order valence-corrected chi connectivity index (χ2v) is 5.02. The molecule has 2 aromatic carbocycles. The van der Waals surface area contributed by atoms with Gasteiger partial charge in [0.1, 0.15) is 18.5 Å². The zero-order valence-corrected chi connectivity index (χ0v) is 12.1. The van der Waals surface area contributed by atoms with Crippen LogP contribution in [0.25, 0.3) is 0 Å². The van der Waals surface area contributed by atoms with E-state index in [9.17, 15) is 14.9 Å². The van der Waals surface area contributed by atoms with E-state index in [1.165, 1.54) is 18.2 Å². The van der Waals surface area contributed by atoms with Crippen molar-refractivity contribution in [2.75, 3.05) is 18.5 Å². The summed E-state index contributed by atoms with van der Waals surface area (Å²) >= 11 is 0. The first-order valence-corrected chi connectivity index (χ1v) is 7.03. The fourth-order valence-corrected chi connectivity index (χ4v) is 1.99. The number of anilines is 1. The van der Waals surface area contributed by atoms with Crippen molar-refractivity contribution < 1.29 is 19.2 Å². The zero-order valence-electron chi connectivity index (χ0n) is 12.1. The summed E-state index contributed by atoms with van der Waals surface area (Å²) in [7, 11) is 0. The van der Waals surface area contributed by atoms with Crippen LogP contribution in [-0.4, -0.2) is 30.1 Å². The van der Waals surface area contributed by atoms with Crippen molar-refractivity contribution in [3.05, 3.63) is 64.2 Å². The van der Waals surface area contributed by atoms with Crippen molar-refractivity contribution >= 4 is 17.3 Å². The van der Waals surface area contributed by atoms with Gasteiger partial charge in [-0.25, -0.2) is 0 Å². The Bertz CT molecular complexity index is 729. The number of rotatable bonds is 6. The van der Waals surface area contributed by atoms with Crippen molar-refractivity contribution in [3.63, 3.8) is 0 Å². The molecule has 1 heterocycles. The SMILES string of the molecule is O=C(Nc1cc([N+](=O)[O-])ccc1OCC1CO1)c1ccccc1. The zero-order chi connectivity index (χ0) is 16.2. The molecule has 23 heavy (non-hydrogen) atoms. The average molecular weight is 314 g/mol. The van der Waals surface area contributed by atoms with Gasteiger partial charge in [-0.2, -0.15) is 0 Å². The smallest absolute Gasteiger partial charge is 0.271 e. The first-order chi connectivity index (χ1) is 11.1. The molecule has 118 valence electrons. The van der Waals surface area contributed by atoms with E-state index in [-0.39, 0.29) is 23.4 Å². The highest BCUT2D eigenvalue weighted by atomic mass is 16.6. The van der Waals surface area contributed by atoms with Crippen LogP contribution in [0.4, 0.5) is 11.4 Å². The number of non-ortho nitro benzene ring substituents is 1. The van der Waals surface area contributed by atoms with E-state index in [0.29, 0.717) is 24.5 Å². The fourth-order valence-electron chi connectivity index (χ4n) is 1.99. The van der Waals surface area contributed by atoms with Gasteiger partial charge in [-0.05, 0) is 18.2 Å². The van der Waals surface area contributed by atoms with Crippen LogP contribution < -0.4 is 10.1 Å². The number of ether oxygens (including phenoxy) is 2. The molecule has 7 nitrogen and oxygen atoms in total. The highest BCUT2D eigenvalue weighted by Crippen LogP contribution is 2.30. The fraction of sp³-hybridized carbons (Fsp3) is 0.188. The largest absolute Gasteiger partial charge is 0.489 e. The Labute approximate surface area is 132 Å². The maximum absolute atomic E-state index is 12.2. The molecule has 1 unspecified atom stereocenters. The molecule has 2 aromatic rings. The number of epoxide rings is 1. The molecule has 0 spiro atoms. The number of nitro benzene ring substituents is 1. The molecule has 1 saturated heterocycles. The number of carbonyl (C=O) groups excluding carboxylic acids is 1. The molecule has 1 N–H and O–H groups in total. The molecular formula is C16H14N2O5. The second-order valence-electron chi connectivity index (χ2n) is 5.02. The van der Waals surface area contributed by atoms with Gasteiger partial charge >= 0.3 is 0 Å². The summed E-state index contributed by atoms with van der Waals surface area (Å²) in [6.07, 6.45) is 0.0443. The Morgan fingerprint density at radius 2 is 2.04 bits per heavy atom. The predicted octanol–water partition coefficient (Wildman–Crippen LogP) is 2.62. The van der Waals surface area contributed by atoms with Gasteiger partial charge < -0.3 is 14.8 Å². The van der Waals surface area contributed by atoms with Crippen LogP contribution in [0.1, 0.15) is 10.4 Å². The predicted molar refractivity (Wildman–Crippen MR) is 82.7 cm³/mol. The van der Waals surface area contributed by atoms with Crippen molar-refractivity contribution in [1.82, 2.24) is 0 Å². The summed E-state index contributed by atoms with van der Waals surface area (Å²) in [6.45, 7) is 0.977. The molecule has 1 aliphatic heterocycles. The minimum atomic E-state index is -0.522.